The minimum atomic E-state index is 0.305. The Morgan fingerprint density at radius 2 is 2.36 bits per heavy atom. The zero-order valence-corrected chi connectivity index (χ0v) is 9.50. The molecule has 84 valence electrons. The molecule has 0 aliphatic carbocycles. The predicted molar refractivity (Wildman–Crippen MR) is 59.4 cm³/mol. The van der Waals surface area contributed by atoms with Gasteiger partial charge in [0.2, 0.25) is 0 Å². The van der Waals surface area contributed by atoms with Crippen molar-refractivity contribution in [1.82, 2.24) is 10.2 Å². The van der Waals surface area contributed by atoms with Crippen LogP contribution in [0.3, 0.4) is 0 Å². The van der Waals surface area contributed by atoms with Gasteiger partial charge in [-0.3, -0.25) is 4.90 Å². The fourth-order valence-electron chi connectivity index (χ4n) is 2.19. The number of nitrogens with zero attached hydrogens (tertiary/aromatic N) is 1. The predicted octanol–water partition coefficient (Wildman–Crippen LogP) is 0.831. The number of rotatable bonds is 4. The van der Waals surface area contributed by atoms with Crippen LogP contribution in [-0.2, 0) is 0 Å². The average Bonchev–Trinajstić information content (AvgIpc) is 2.43. The molecule has 0 aromatic heterocycles. The second kappa shape index (κ2) is 6.38. The molecule has 1 fully saturated rings. The second-order valence-electron chi connectivity index (χ2n) is 4.22. The van der Waals surface area contributed by atoms with Crippen LogP contribution in [0.15, 0.2) is 0 Å². The highest BCUT2D eigenvalue weighted by Crippen LogP contribution is 2.13. The Labute approximate surface area is 87.5 Å². The molecular weight excluding hydrogens is 176 g/mol. The molecule has 2 N–H and O–H groups in total. The molecule has 0 amide bonds. The van der Waals surface area contributed by atoms with Crippen molar-refractivity contribution in [3.8, 4) is 0 Å². The Kier molecular flexibility index (Phi) is 5.45. The van der Waals surface area contributed by atoms with E-state index in [9.17, 15) is 0 Å². The van der Waals surface area contributed by atoms with E-state index in [0.29, 0.717) is 18.7 Å². The first-order valence-corrected chi connectivity index (χ1v) is 5.87. The van der Waals surface area contributed by atoms with Gasteiger partial charge in [-0.05, 0) is 39.3 Å². The summed E-state index contributed by atoms with van der Waals surface area (Å²) in [4.78, 5) is 2.55. The molecule has 2 unspecified atom stereocenters. The maximum Gasteiger partial charge on any atom is 0.0446 e. The first-order chi connectivity index (χ1) is 6.79. The smallest absolute Gasteiger partial charge is 0.0446 e. The molecule has 3 heteroatoms. The summed E-state index contributed by atoms with van der Waals surface area (Å²) >= 11 is 0. The lowest BCUT2D eigenvalue weighted by atomic mass is 10.1. The molecule has 1 saturated heterocycles. The summed E-state index contributed by atoms with van der Waals surface area (Å²) in [6.45, 7) is 8.15. The fraction of sp³-hybridized carbons (Fsp3) is 1.00. The van der Waals surface area contributed by atoms with Crippen molar-refractivity contribution in [2.45, 2.75) is 45.2 Å². The molecule has 1 rings (SSSR count). The summed E-state index contributed by atoms with van der Waals surface area (Å²) in [6.07, 6.45) is 3.32. The van der Waals surface area contributed by atoms with Crippen molar-refractivity contribution in [3.05, 3.63) is 0 Å². The van der Waals surface area contributed by atoms with E-state index in [2.05, 4.69) is 24.1 Å². The van der Waals surface area contributed by atoms with E-state index in [1.54, 1.807) is 0 Å². The first-order valence-electron chi connectivity index (χ1n) is 5.87. The van der Waals surface area contributed by atoms with Crippen LogP contribution in [0.2, 0.25) is 0 Å². The quantitative estimate of drug-likeness (QED) is 0.705. The second-order valence-corrected chi connectivity index (χ2v) is 4.22. The van der Waals surface area contributed by atoms with Gasteiger partial charge in [0, 0.05) is 25.2 Å². The van der Waals surface area contributed by atoms with Gasteiger partial charge < -0.3 is 10.4 Å². The molecule has 3 nitrogen and oxygen atoms in total. The Hall–Kier alpha value is -0.120. The molecule has 0 aromatic rings. The Morgan fingerprint density at radius 3 is 3.00 bits per heavy atom. The number of aliphatic hydroxyl groups is 1. The third-order valence-corrected chi connectivity index (χ3v) is 3.24. The van der Waals surface area contributed by atoms with Gasteiger partial charge in [-0.15, -0.1) is 0 Å². The highest BCUT2D eigenvalue weighted by atomic mass is 16.3. The standard InChI is InChI=1S/C11H24N2O/c1-3-10(2)13-7-4-6-12-9-11(13)5-8-14/h10-12,14H,3-9H2,1-2H3. The summed E-state index contributed by atoms with van der Waals surface area (Å²) in [5, 5.41) is 12.5. The highest BCUT2D eigenvalue weighted by molar-refractivity contribution is 4.80. The van der Waals surface area contributed by atoms with E-state index in [1.807, 2.05) is 0 Å². The van der Waals surface area contributed by atoms with Gasteiger partial charge in [-0.2, -0.15) is 0 Å². The van der Waals surface area contributed by atoms with Crippen molar-refractivity contribution in [3.63, 3.8) is 0 Å². The topological polar surface area (TPSA) is 35.5 Å². The van der Waals surface area contributed by atoms with E-state index in [1.165, 1.54) is 19.4 Å². The molecule has 0 radical (unpaired) electrons. The third kappa shape index (κ3) is 3.23. The van der Waals surface area contributed by atoms with Crippen molar-refractivity contribution < 1.29 is 5.11 Å². The molecule has 1 aliphatic rings. The van der Waals surface area contributed by atoms with Crippen molar-refractivity contribution in [2.75, 3.05) is 26.2 Å². The normalized spacial score (nSPS) is 27.2. The maximum atomic E-state index is 9.03. The van der Waals surface area contributed by atoms with Crippen LogP contribution in [-0.4, -0.2) is 48.3 Å². The largest absolute Gasteiger partial charge is 0.396 e. The average molecular weight is 200 g/mol. The van der Waals surface area contributed by atoms with E-state index < -0.39 is 0 Å². The van der Waals surface area contributed by atoms with E-state index in [-0.39, 0.29) is 0 Å². The van der Waals surface area contributed by atoms with Crippen LogP contribution in [0, 0.1) is 0 Å². The molecule has 0 aromatic carbocycles. The van der Waals surface area contributed by atoms with Gasteiger partial charge in [0.05, 0.1) is 0 Å². The van der Waals surface area contributed by atoms with E-state index >= 15 is 0 Å². The summed E-state index contributed by atoms with van der Waals surface area (Å²) in [5.74, 6) is 0. The Bertz CT molecular complexity index is 152. The Balaban J connectivity index is 2.53. The van der Waals surface area contributed by atoms with Gasteiger partial charge >= 0.3 is 0 Å². The van der Waals surface area contributed by atoms with Crippen LogP contribution < -0.4 is 5.32 Å². The molecule has 1 aliphatic heterocycles. The molecule has 2 atom stereocenters. The minimum absolute atomic E-state index is 0.305. The maximum absolute atomic E-state index is 9.03. The van der Waals surface area contributed by atoms with Crippen LogP contribution >= 0.6 is 0 Å². The van der Waals surface area contributed by atoms with Crippen LogP contribution in [0.4, 0.5) is 0 Å². The number of hydrogen-bond donors (Lipinski definition) is 2. The molecule has 0 saturated carbocycles. The number of aliphatic hydroxyl groups excluding tert-OH is 1. The van der Waals surface area contributed by atoms with Crippen LogP contribution in [0.5, 0.6) is 0 Å². The zero-order valence-electron chi connectivity index (χ0n) is 9.50. The lowest BCUT2D eigenvalue weighted by molar-refractivity contribution is 0.123. The summed E-state index contributed by atoms with van der Waals surface area (Å²) in [6, 6.07) is 1.17. The lowest BCUT2D eigenvalue weighted by Gasteiger charge is -2.34. The number of hydrogen-bond acceptors (Lipinski definition) is 3. The molecule has 0 bridgehead atoms. The monoisotopic (exact) mass is 200 g/mol. The SMILES string of the molecule is CCC(C)N1CCCNCC1CCO. The summed E-state index contributed by atoms with van der Waals surface area (Å²) in [5.41, 5.74) is 0. The fourth-order valence-corrected chi connectivity index (χ4v) is 2.19. The Morgan fingerprint density at radius 1 is 1.57 bits per heavy atom. The van der Waals surface area contributed by atoms with Crippen LogP contribution in [0.25, 0.3) is 0 Å². The highest BCUT2D eigenvalue weighted by Gasteiger charge is 2.23. The van der Waals surface area contributed by atoms with Gasteiger partial charge in [0.15, 0.2) is 0 Å². The molecule has 0 spiro atoms. The molecular formula is C11H24N2O. The van der Waals surface area contributed by atoms with E-state index in [4.69, 9.17) is 5.11 Å². The minimum Gasteiger partial charge on any atom is -0.396 e. The van der Waals surface area contributed by atoms with Gasteiger partial charge in [-0.1, -0.05) is 6.92 Å². The molecule has 14 heavy (non-hydrogen) atoms. The third-order valence-electron chi connectivity index (χ3n) is 3.24. The first kappa shape index (κ1) is 12.0. The van der Waals surface area contributed by atoms with Crippen molar-refractivity contribution >= 4 is 0 Å². The van der Waals surface area contributed by atoms with Gasteiger partial charge in [0.25, 0.3) is 0 Å². The van der Waals surface area contributed by atoms with Gasteiger partial charge in [0.1, 0.15) is 0 Å². The van der Waals surface area contributed by atoms with Crippen molar-refractivity contribution in [2.24, 2.45) is 0 Å². The lowest BCUT2D eigenvalue weighted by Crippen LogP contribution is -2.45. The van der Waals surface area contributed by atoms with E-state index in [0.717, 1.165) is 19.5 Å². The zero-order chi connectivity index (χ0) is 10.4. The van der Waals surface area contributed by atoms with Crippen LogP contribution in [0.1, 0.15) is 33.1 Å². The summed E-state index contributed by atoms with van der Waals surface area (Å²) < 4.78 is 0. The van der Waals surface area contributed by atoms with Gasteiger partial charge in [-0.25, -0.2) is 0 Å². The van der Waals surface area contributed by atoms with Crippen molar-refractivity contribution in [1.29, 1.82) is 0 Å². The summed E-state index contributed by atoms with van der Waals surface area (Å²) in [7, 11) is 0. The molecule has 1 heterocycles. The number of nitrogens with one attached hydrogen (secondary N) is 1.